The Labute approximate surface area is 210 Å². The summed E-state index contributed by atoms with van der Waals surface area (Å²) in [6.45, 7) is 0.151. The van der Waals surface area contributed by atoms with Gasteiger partial charge in [-0.15, -0.1) is 0 Å². The van der Waals surface area contributed by atoms with Gasteiger partial charge < -0.3 is 25.4 Å². The molecule has 0 saturated carbocycles. The number of rotatable bonds is 9. The second kappa shape index (κ2) is 10.3. The van der Waals surface area contributed by atoms with Crippen LogP contribution in [0.15, 0.2) is 55.2 Å². The van der Waals surface area contributed by atoms with Crippen LogP contribution in [0.3, 0.4) is 0 Å². The molecular weight excluding hydrogens is 480 g/mol. The minimum Gasteiger partial charge on any atom is -0.478 e. The third-order valence-electron chi connectivity index (χ3n) is 6.14. The molecule has 0 bridgehead atoms. The van der Waals surface area contributed by atoms with E-state index in [1.54, 1.807) is 35.0 Å². The minimum absolute atomic E-state index is 0.0112. The van der Waals surface area contributed by atoms with Gasteiger partial charge in [0.2, 0.25) is 5.88 Å². The Hall–Kier alpha value is -4.42. The molecule has 190 valence electrons. The number of imidazole rings is 1. The Morgan fingerprint density at radius 3 is 2.76 bits per heavy atom. The summed E-state index contributed by atoms with van der Waals surface area (Å²) in [7, 11) is 0. The Balaban J connectivity index is 1.18. The molecule has 1 fully saturated rings. The number of aliphatic hydroxyl groups excluding tert-OH is 1. The molecule has 1 aromatic carbocycles. The van der Waals surface area contributed by atoms with Crippen LogP contribution < -0.4 is 10.5 Å². The number of aromatic nitrogens is 5. The van der Waals surface area contributed by atoms with Gasteiger partial charge in [0.25, 0.3) is 0 Å². The van der Waals surface area contributed by atoms with E-state index in [0.717, 1.165) is 5.56 Å². The van der Waals surface area contributed by atoms with Crippen LogP contribution in [0.1, 0.15) is 45.3 Å². The lowest BCUT2D eigenvalue weighted by Crippen LogP contribution is -2.20. The summed E-state index contributed by atoms with van der Waals surface area (Å²) >= 11 is 0. The number of hydrogen-bond donors (Lipinski definition) is 3. The average Bonchev–Trinajstić information content (AvgIpc) is 3.50. The molecule has 4 aromatic rings. The van der Waals surface area contributed by atoms with Crippen molar-refractivity contribution in [3.63, 3.8) is 0 Å². The van der Waals surface area contributed by atoms with E-state index in [2.05, 4.69) is 19.9 Å². The van der Waals surface area contributed by atoms with Crippen LogP contribution in [-0.2, 0) is 11.2 Å². The number of aromatic carboxylic acids is 1. The number of nitrogens with two attached hydrogens (primary N) is 1. The molecule has 4 heterocycles. The average molecular weight is 505 g/mol. The van der Waals surface area contributed by atoms with Crippen LogP contribution in [0.4, 0.5) is 5.82 Å². The molecule has 0 amide bonds. The Kier molecular flexibility index (Phi) is 6.75. The molecule has 1 saturated heterocycles. The molecule has 0 radical (unpaired) electrons. The Morgan fingerprint density at radius 1 is 1.14 bits per heavy atom. The second-order valence-corrected chi connectivity index (χ2v) is 8.62. The van der Waals surface area contributed by atoms with E-state index in [-0.39, 0.29) is 35.8 Å². The van der Waals surface area contributed by atoms with Crippen molar-refractivity contribution in [2.75, 3.05) is 12.3 Å². The Bertz CT molecular complexity index is 1460. The fraction of sp³-hybridized carbons (Fsp3) is 0.280. The highest BCUT2D eigenvalue weighted by atomic mass is 16.6. The molecule has 0 spiro atoms. The predicted molar refractivity (Wildman–Crippen MR) is 130 cm³/mol. The number of aryl methyl sites for hydroxylation is 1. The number of aliphatic hydroxyl groups is 1. The minimum atomic E-state index is -1.14. The van der Waals surface area contributed by atoms with Crippen molar-refractivity contribution in [2.45, 2.75) is 37.7 Å². The second-order valence-electron chi connectivity index (χ2n) is 8.62. The first kappa shape index (κ1) is 24.3. The number of Topliss-reactive ketones (excluding diaryl/α,β-unsaturated/α-hetero) is 1. The van der Waals surface area contributed by atoms with E-state index in [1.807, 2.05) is 0 Å². The maximum atomic E-state index is 12.6. The zero-order valence-electron chi connectivity index (χ0n) is 19.6. The van der Waals surface area contributed by atoms with Crippen molar-refractivity contribution < 1.29 is 29.3 Å². The lowest BCUT2D eigenvalue weighted by atomic mass is 9.99. The van der Waals surface area contributed by atoms with Crippen molar-refractivity contribution >= 4 is 28.7 Å². The number of fused-ring (bicyclic) bond motifs is 1. The van der Waals surface area contributed by atoms with Crippen LogP contribution in [0.25, 0.3) is 11.2 Å². The lowest BCUT2D eigenvalue weighted by Gasteiger charge is -2.17. The zero-order chi connectivity index (χ0) is 25.9. The third kappa shape index (κ3) is 5.10. The first-order valence-electron chi connectivity index (χ1n) is 11.6. The molecule has 1 aliphatic rings. The van der Waals surface area contributed by atoms with Gasteiger partial charge in [-0.05, 0) is 24.1 Å². The van der Waals surface area contributed by atoms with Crippen LogP contribution >= 0.6 is 0 Å². The first-order chi connectivity index (χ1) is 17.9. The van der Waals surface area contributed by atoms with Crippen molar-refractivity contribution in [3.8, 4) is 5.88 Å². The van der Waals surface area contributed by atoms with E-state index in [1.165, 1.54) is 24.8 Å². The summed E-state index contributed by atoms with van der Waals surface area (Å²) in [4.78, 5) is 40.5. The monoisotopic (exact) mass is 504 g/mol. The first-order valence-corrected chi connectivity index (χ1v) is 11.6. The summed E-state index contributed by atoms with van der Waals surface area (Å²) in [5, 5.41) is 19.9. The van der Waals surface area contributed by atoms with Crippen LogP contribution in [0.5, 0.6) is 5.88 Å². The van der Waals surface area contributed by atoms with Gasteiger partial charge in [0, 0.05) is 30.7 Å². The fourth-order valence-electron chi connectivity index (χ4n) is 4.31. The molecule has 3 aromatic heterocycles. The zero-order valence-corrected chi connectivity index (χ0v) is 19.6. The number of carbonyl (C=O) groups is 2. The molecule has 0 aliphatic carbocycles. The van der Waals surface area contributed by atoms with Gasteiger partial charge >= 0.3 is 5.97 Å². The lowest BCUT2D eigenvalue weighted by molar-refractivity contribution is -0.0461. The molecule has 1 aliphatic heterocycles. The van der Waals surface area contributed by atoms with Gasteiger partial charge in [0.1, 0.15) is 24.6 Å². The van der Waals surface area contributed by atoms with Gasteiger partial charge in [-0.1, -0.05) is 18.2 Å². The normalized spacial score (nSPS) is 19.2. The standard InChI is InChI=1S/C25H24N6O6/c26-22-21-23(29-12-28-22)31(13-30-21)24-19(33)10-15(37-24)11-36-20-9-14(7-8-27-20)5-6-18(32)16-3-1-2-4-17(16)25(34)35/h1-4,7-9,12-13,15,19,24,33H,5-6,10-11H2,(H,34,35)(H2,26,28,29)/t15-,19+,24+/m0/s1. The fourth-order valence-corrected chi connectivity index (χ4v) is 4.31. The van der Waals surface area contributed by atoms with Crippen LogP contribution in [0.2, 0.25) is 0 Å². The number of nitrogen functional groups attached to an aromatic ring is 1. The quantitative estimate of drug-likeness (QED) is 0.284. The number of carboxylic acids is 1. The predicted octanol–water partition coefficient (Wildman–Crippen LogP) is 2.04. The number of benzene rings is 1. The van der Waals surface area contributed by atoms with Gasteiger partial charge in [0.05, 0.1) is 18.0 Å². The third-order valence-corrected chi connectivity index (χ3v) is 6.14. The molecule has 3 atom stereocenters. The SMILES string of the molecule is Nc1ncnc2c1ncn2[C@@H]1O[C@H](COc2cc(CCC(=O)c3ccccc3C(=O)O)ccn2)C[C@H]1O. The van der Waals surface area contributed by atoms with Gasteiger partial charge in [-0.3, -0.25) is 9.36 Å². The number of carboxylic acid groups (broad SMARTS) is 1. The molecule has 0 unspecified atom stereocenters. The summed E-state index contributed by atoms with van der Waals surface area (Å²) in [6.07, 6.45) is 3.37. The number of pyridine rings is 1. The summed E-state index contributed by atoms with van der Waals surface area (Å²) in [5.41, 5.74) is 7.73. The number of nitrogens with zero attached hydrogens (tertiary/aromatic N) is 5. The molecule has 37 heavy (non-hydrogen) atoms. The van der Waals surface area contributed by atoms with E-state index in [0.29, 0.717) is 29.9 Å². The van der Waals surface area contributed by atoms with E-state index in [9.17, 15) is 19.8 Å². The molecule has 12 nitrogen and oxygen atoms in total. The summed E-state index contributed by atoms with van der Waals surface area (Å²) < 4.78 is 13.4. The molecule has 4 N–H and O–H groups in total. The van der Waals surface area contributed by atoms with Gasteiger partial charge in [-0.25, -0.2) is 24.7 Å². The largest absolute Gasteiger partial charge is 0.478 e. The molecular formula is C25H24N6O6. The number of hydrogen-bond acceptors (Lipinski definition) is 10. The maximum Gasteiger partial charge on any atom is 0.336 e. The number of anilines is 1. The van der Waals surface area contributed by atoms with Crippen LogP contribution in [0, 0.1) is 0 Å². The van der Waals surface area contributed by atoms with Crippen LogP contribution in [-0.4, -0.2) is 65.3 Å². The summed E-state index contributed by atoms with van der Waals surface area (Å²) in [6, 6.07) is 9.66. The van der Waals surface area contributed by atoms with Crippen molar-refractivity contribution in [1.82, 2.24) is 24.5 Å². The van der Waals surface area contributed by atoms with E-state index in [4.69, 9.17) is 15.2 Å². The number of carbonyl (C=O) groups excluding carboxylic acids is 1. The molecule has 5 rings (SSSR count). The van der Waals surface area contributed by atoms with Crippen molar-refractivity contribution in [1.29, 1.82) is 0 Å². The highest BCUT2D eigenvalue weighted by Gasteiger charge is 2.36. The van der Waals surface area contributed by atoms with Gasteiger partial charge in [0.15, 0.2) is 23.5 Å². The Morgan fingerprint density at radius 2 is 1.95 bits per heavy atom. The van der Waals surface area contributed by atoms with E-state index >= 15 is 0 Å². The number of ether oxygens (including phenoxy) is 2. The number of ketones is 1. The topological polar surface area (TPSA) is 176 Å². The van der Waals surface area contributed by atoms with Crippen molar-refractivity contribution in [3.05, 3.63) is 71.9 Å². The van der Waals surface area contributed by atoms with E-state index < -0.39 is 24.4 Å². The maximum absolute atomic E-state index is 12.6. The highest BCUT2D eigenvalue weighted by Crippen LogP contribution is 2.31. The van der Waals surface area contributed by atoms with Crippen molar-refractivity contribution in [2.24, 2.45) is 0 Å². The molecule has 12 heteroatoms. The van der Waals surface area contributed by atoms with Gasteiger partial charge in [-0.2, -0.15) is 0 Å². The highest BCUT2D eigenvalue weighted by molar-refractivity contribution is 6.05. The smallest absolute Gasteiger partial charge is 0.336 e. The summed E-state index contributed by atoms with van der Waals surface area (Å²) in [5.74, 6) is -0.791.